The minimum absolute atomic E-state index is 0.241. The van der Waals surface area contributed by atoms with E-state index in [2.05, 4.69) is 27.7 Å². The van der Waals surface area contributed by atoms with Gasteiger partial charge in [-0.25, -0.2) is 0 Å². The monoisotopic (exact) mass is 190 g/mol. The number of carbonyl (C=O) groups is 1. The second-order valence-electron chi connectivity index (χ2n) is 4.78. The van der Waals surface area contributed by atoms with E-state index < -0.39 is 0 Å². The summed E-state index contributed by atoms with van der Waals surface area (Å²) in [7, 11) is 0. The third-order valence-corrected chi connectivity index (χ3v) is 3.99. The maximum Gasteiger partial charge on any atom is 0.149 e. The molecule has 1 fully saturated rings. The van der Waals surface area contributed by atoms with Crippen LogP contribution in [0.3, 0.4) is 0 Å². The van der Waals surface area contributed by atoms with Gasteiger partial charge >= 0.3 is 0 Å². The molecule has 0 saturated heterocycles. The first-order valence-electron chi connectivity index (χ1n) is 5.40. The Kier molecular flexibility index (Phi) is 2.13. The molecule has 0 bridgehead atoms. The quantitative estimate of drug-likeness (QED) is 0.536. The van der Waals surface area contributed by atoms with Crippen molar-refractivity contribution in [3.05, 3.63) is 22.3 Å². The number of carbonyl (C=O) groups excluding carboxylic acids is 1. The third kappa shape index (κ3) is 1.26. The second-order valence-corrected chi connectivity index (χ2v) is 4.78. The average molecular weight is 190 g/mol. The minimum Gasteiger partial charge on any atom is -0.298 e. The molecule has 2 rings (SSSR count). The highest BCUT2D eigenvalue weighted by Crippen LogP contribution is 2.48. The van der Waals surface area contributed by atoms with Crippen molar-refractivity contribution in [3.8, 4) is 0 Å². The number of rotatable bonds is 0. The molecule has 0 aliphatic heterocycles. The Morgan fingerprint density at radius 1 is 0.857 bits per heavy atom. The molecule has 1 saturated carbocycles. The van der Waals surface area contributed by atoms with Gasteiger partial charge in [0, 0.05) is 0 Å². The van der Waals surface area contributed by atoms with Crippen LogP contribution in [0, 0.1) is 11.8 Å². The van der Waals surface area contributed by atoms with Crippen LogP contribution in [0.5, 0.6) is 0 Å². The number of Topliss-reactive ketones (excluding diaryl/α,β-unsaturated/α-hetero) is 1. The van der Waals surface area contributed by atoms with Gasteiger partial charge in [0.1, 0.15) is 5.78 Å². The Labute approximate surface area is 85.9 Å². The summed E-state index contributed by atoms with van der Waals surface area (Å²) in [4.78, 5) is 11.7. The number of hydrogen-bond acceptors (Lipinski definition) is 1. The van der Waals surface area contributed by atoms with Gasteiger partial charge in [0.05, 0.1) is 11.8 Å². The molecule has 2 aliphatic carbocycles. The molecule has 2 aliphatic rings. The summed E-state index contributed by atoms with van der Waals surface area (Å²) in [5.41, 5.74) is 5.54. The molecular weight excluding hydrogens is 172 g/mol. The van der Waals surface area contributed by atoms with Crippen molar-refractivity contribution in [3.63, 3.8) is 0 Å². The fourth-order valence-corrected chi connectivity index (χ4v) is 2.47. The van der Waals surface area contributed by atoms with Gasteiger partial charge in [-0.15, -0.1) is 0 Å². The zero-order valence-electron chi connectivity index (χ0n) is 9.48. The van der Waals surface area contributed by atoms with Gasteiger partial charge in [0.2, 0.25) is 0 Å². The topological polar surface area (TPSA) is 17.1 Å². The number of ketones is 1. The third-order valence-electron chi connectivity index (χ3n) is 3.99. The fourth-order valence-electron chi connectivity index (χ4n) is 2.47. The lowest BCUT2D eigenvalue weighted by atomic mass is 9.92. The first-order valence-corrected chi connectivity index (χ1v) is 5.40. The van der Waals surface area contributed by atoms with Gasteiger partial charge in [-0.05, 0) is 40.5 Å². The summed E-state index contributed by atoms with van der Waals surface area (Å²) in [6, 6.07) is 0. The molecule has 0 N–H and O–H groups in total. The molecule has 0 aromatic carbocycles. The first kappa shape index (κ1) is 9.70. The van der Waals surface area contributed by atoms with Crippen LogP contribution in [0.25, 0.3) is 0 Å². The largest absolute Gasteiger partial charge is 0.298 e. The second kappa shape index (κ2) is 3.08. The van der Waals surface area contributed by atoms with Gasteiger partial charge in [0.25, 0.3) is 0 Å². The molecule has 1 heteroatoms. The Bertz CT molecular complexity index is 323. The van der Waals surface area contributed by atoms with Crippen LogP contribution in [-0.2, 0) is 4.79 Å². The maximum absolute atomic E-state index is 11.7. The predicted molar refractivity (Wildman–Crippen MR) is 58.0 cm³/mol. The van der Waals surface area contributed by atoms with Crippen molar-refractivity contribution >= 4 is 5.78 Å². The van der Waals surface area contributed by atoms with Gasteiger partial charge in [0.15, 0.2) is 0 Å². The minimum atomic E-state index is 0.241. The van der Waals surface area contributed by atoms with Crippen molar-refractivity contribution < 1.29 is 4.79 Å². The van der Waals surface area contributed by atoms with E-state index in [1.165, 1.54) is 22.3 Å². The SMILES string of the molecule is CC1=C(C)C2C(=O)C2C(C)=C(C)CC1. The zero-order chi connectivity index (χ0) is 10.5. The Morgan fingerprint density at radius 3 is 1.57 bits per heavy atom. The molecular formula is C13H18O. The lowest BCUT2D eigenvalue weighted by Crippen LogP contribution is -1.98. The first-order chi connectivity index (χ1) is 6.54. The van der Waals surface area contributed by atoms with Crippen molar-refractivity contribution in [2.24, 2.45) is 11.8 Å². The zero-order valence-corrected chi connectivity index (χ0v) is 9.48. The molecule has 0 aromatic heterocycles. The molecule has 1 nitrogen and oxygen atoms in total. The van der Waals surface area contributed by atoms with Gasteiger partial charge < -0.3 is 0 Å². The highest BCUT2D eigenvalue weighted by Gasteiger charge is 2.51. The van der Waals surface area contributed by atoms with E-state index in [0.717, 1.165) is 12.8 Å². The fraction of sp³-hybridized carbons (Fsp3) is 0.615. The van der Waals surface area contributed by atoms with Crippen molar-refractivity contribution in [1.29, 1.82) is 0 Å². The van der Waals surface area contributed by atoms with Crippen LogP contribution in [0.4, 0.5) is 0 Å². The van der Waals surface area contributed by atoms with Crippen LogP contribution < -0.4 is 0 Å². The Hall–Kier alpha value is -0.850. The van der Waals surface area contributed by atoms with E-state index in [1.54, 1.807) is 0 Å². The van der Waals surface area contributed by atoms with Crippen molar-refractivity contribution in [2.45, 2.75) is 40.5 Å². The highest BCUT2D eigenvalue weighted by molar-refractivity contribution is 6.04. The van der Waals surface area contributed by atoms with Crippen molar-refractivity contribution in [1.82, 2.24) is 0 Å². The van der Waals surface area contributed by atoms with Gasteiger partial charge in [-0.1, -0.05) is 22.3 Å². The molecule has 14 heavy (non-hydrogen) atoms. The molecule has 2 unspecified atom stereocenters. The molecule has 0 heterocycles. The number of hydrogen-bond donors (Lipinski definition) is 0. The Balaban J connectivity index is 2.39. The van der Waals surface area contributed by atoms with Crippen LogP contribution in [-0.4, -0.2) is 5.78 Å². The highest BCUT2D eigenvalue weighted by atomic mass is 16.1. The molecule has 0 radical (unpaired) electrons. The van der Waals surface area contributed by atoms with E-state index in [1.807, 2.05) is 0 Å². The number of allylic oxidation sites excluding steroid dienone is 4. The summed E-state index contributed by atoms with van der Waals surface area (Å²) in [5.74, 6) is 0.927. The van der Waals surface area contributed by atoms with Gasteiger partial charge in [-0.3, -0.25) is 4.79 Å². The van der Waals surface area contributed by atoms with E-state index in [9.17, 15) is 4.79 Å². The summed E-state index contributed by atoms with van der Waals surface area (Å²) in [6.07, 6.45) is 2.26. The van der Waals surface area contributed by atoms with Crippen LogP contribution in [0.2, 0.25) is 0 Å². The van der Waals surface area contributed by atoms with Crippen LogP contribution in [0.1, 0.15) is 40.5 Å². The number of fused-ring (bicyclic) bond motifs is 1. The van der Waals surface area contributed by atoms with Crippen molar-refractivity contribution in [2.75, 3.05) is 0 Å². The Morgan fingerprint density at radius 2 is 1.21 bits per heavy atom. The molecule has 0 amide bonds. The van der Waals surface area contributed by atoms with E-state index >= 15 is 0 Å². The standard InChI is InChI=1S/C13H18O/c1-7-5-6-8(2)10(4)12-11(9(7)3)13(12)14/h11-12H,5-6H2,1-4H3. The van der Waals surface area contributed by atoms with Crippen LogP contribution >= 0.6 is 0 Å². The lowest BCUT2D eigenvalue weighted by Gasteiger charge is -2.13. The van der Waals surface area contributed by atoms with Crippen LogP contribution in [0.15, 0.2) is 22.3 Å². The van der Waals surface area contributed by atoms with E-state index in [4.69, 9.17) is 0 Å². The normalized spacial score (nSPS) is 32.7. The lowest BCUT2D eigenvalue weighted by molar-refractivity contribution is -0.111. The molecule has 76 valence electrons. The molecule has 0 aromatic rings. The summed E-state index contributed by atoms with van der Waals surface area (Å²) in [6.45, 7) is 8.61. The summed E-state index contributed by atoms with van der Waals surface area (Å²) < 4.78 is 0. The van der Waals surface area contributed by atoms with E-state index in [0.29, 0.717) is 5.78 Å². The predicted octanol–water partition coefficient (Wildman–Crippen LogP) is 3.27. The molecule has 2 atom stereocenters. The molecule has 0 spiro atoms. The van der Waals surface area contributed by atoms with E-state index in [-0.39, 0.29) is 11.8 Å². The summed E-state index contributed by atoms with van der Waals surface area (Å²) in [5, 5.41) is 0. The maximum atomic E-state index is 11.7. The summed E-state index contributed by atoms with van der Waals surface area (Å²) >= 11 is 0. The van der Waals surface area contributed by atoms with Gasteiger partial charge in [-0.2, -0.15) is 0 Å². The smallest absolute Gasteiger partial charge is 0.149 e. The average Bonchev–Trinajstić information content (AvgIpc) is 2.82.